The molecule has 0 aliphatic rings. The third-order valence-electron chi connectivity index (χ3n) is 2.68. The van der Waals surface area contributed by atoms with Crippen molar-refractivity contribution in [3.8, 4) is 11.5 Å². The fourth-order valence-corrected chi connectivity index (χ4v) is 1.69. The zero-order chi connectivity index (χ0) is 15.4. The van der Waals surface area contributed by atoms with Crippen LogP contribution in [0.2, 0.25) is 0 Å². The van der Waals surface area contributed by atoms with Crippen molar-refractivity contribution in [2.24, 2.45) is 0 Å². The molecule has 0 atom stereocenters. The Morgan fingerprint density at radius 3 is 2.62 bits per heavy atom. The smallest absolute Gasteiger partial charge is 0.340 e. The molecule has 0 amide bonds. The van der Waals surface area contributed by atoms with Gasteiger partial charge in [-0.05, 0) is 31.2 Å². The minimum Gasteiger partial charge on any atom is -0.462 e. The first-order valence-electron chi connectivity index (χ1n) is 6.21. The number of ether oxygens (including phenoxy) is 2. The number of hydrogen-bond acceptors (Lipinski definition) is 4. The molecular formula is C15H13F2NO3. The number of esters is 1. The van der Waals surface area contributed by atoms with E-state index in [1.165, 1.54) is 18.2 Å². The van der Waals surface area contributed by atoms with Gasteiger partial charge >= 0.3 is 5.97 Å². The first-order chi connectivity index (χ1) is 10.0. The third kappa shape index (κ3) is 3.28. The number of para-hydroxylation sites is 1. The summed E-state index contributed by atoms with van der Waals surface area (Å²) < 4.78 is 36.2. The van der Waals surface area contributed by atoms with E-state index >= 15 is 0 Å². The standard InChI is InChI=1S/C15H13F2NO3/c1-2-20-15(19)10-4-3-5-13(14(10)18)21-9-6-7-11(16)12(17)8-9/h3-8H,2,18H2,1H3. The van der Waals surface area contributed by atoms with E-state index in [2.05, 4.69) is 0 Å². The summed E-state index contributed by atoms with van der Waals surface area (Å²) in [5.74, 6) is -2.36. The molecule has 2 aromatic rings. The Morgan fingerprint density at radius 1 is 1.19 bits per heavy atom. The maximum Gasteiger partial charge on any atom is 0.340 e. The van der Waals surface area contributed by atoms with E-state index in [0.717, 1.165) is 12.1 Å². The van der Waals surface area contributed by atoms with Crippen LogP contribution < -0.4 is 10.5 Å². The van der Waals surface area contributed by atoms with Crippen LogP contribution in [0.25, 0.3) is 0 Å². The molecule has 0 fully saturated rings. The molecular weight excluding hydrogens is 280 g/mol. The molecule has 0 aromatic heterocycles. The van der Waals surface area contributed by atoms with E-state index < -0.39 is 17.6 Å². The number of halogens is 2. The van der Waals surface area contributed by atoms with E-state index in [4.69, 9.17) is 15.2 Å². The zero-order valence-corrected chi connectivity index (χ0v) is 11.2. The predicted octanol–water partition coefficient (Wildman–Crippen LogP) is 3.52. The van der Waals surface area contributed by atoms with Crippen molar-refractivity contribution in [3.63, 3.8) is 0 Å². The van der Waals surface area contributed by atoms with Crippen LogP contribution in [0.5, 0.6) is 11.5 Å². The monoisotopic (exact) mass is 293 g/mol. The largest absolute Gasteiger partial charge is 0.462 e. The molecule has 2 aromatic carbocycles. The van der Waals surface area contributed by atoms with Gasteiger partial charge in [0.15, 0.2) is 17.4 Å². The van der Waals surface area contributed by atoms with Crippen LogP contribution in [0.1, 0.15) is 17.3 Å². The van der Waals surface area contributed by atoms with Gasteiger partial charge in [-0.1, -0.05) is 6.07 Å². The normalized spacial score (nSPS) is 10.2. The lowest BCUT2D eigenvalue weighted by Gasteiger charge is -2.11. The number of nitrogens with two attached hydrogens (primary N) is 1. The summed E-state index contributed by atoms with van der Waals surface area (Å²) in [6, 6.07) is 7.65. The quantitative estimate of drug-likeness (QED) is 0.692. The molecule has 2 N–H and O–H groups in total. The van der Waals surface area contributed by atoms with Crippen LogP contribution in [-0.2, 0) is 4.74 Å². The summed E-state index contributed by atoms with van der Waals surface area (Å²) in [6.45, 7) is 1.89. The van der Waals surface area contributed by atoms with Gasteiger partial charge in [0.25, 0.3) is 0 Å². The topological polar surface area (TPSA) is 61.5 Å². The van der Waals surface area contributed by atoms with E-state index in [0.29, 0.717) is 0 Å². The number of nitrogen functional groups attached to an aromatic ring is 1. The number of carbonyl (C=O) groups is 1. The summed E-state index contributed by atoms with van der Waals surface area (Å²) in [6.07, 6.45) is 0. The maximum atomic E-state index is 13.1. The van der Waals surface area contributed by atoms with Gasteiger partial charge in [0.2, 0.25) is 0 Å². The van der Waals surface area contributed by atoms with E-state index in [-0.39, 0.29) is 29.4 Å². The highest BCUT2D eigenvalue weighted by Gasteiger charge is 2.15. The van der Waals surface area contributed by atoms with Crippen LogP contribution in [0, 0.1) is 11.6 Å². The van der Waals surface area contributed by atoms with Crippen LogP contribution in [0.15, 0.2) is 36.4 Å². The van der Waals surface area contributed by atoms with E-state index in [1.54, 1.807) is 13.0 Å². The van der Waals surface area contributed by atoms with Crippen molar-refractivity contribution in [2.45, 2.75) is 6.92 Å². The molecule has 0 aliphatic carbocycles. The van der Waals surface area contributed by atoms with Gasteiger partial charge in [0, 0.05) is 6.07 Å². The molecule has 0 unspecified atom stereocenters. The number of hydrogen-bond donors (Lipinski definition) is 1. The molecule has 21 heavy (non-hydrogen) atoms. The second-order valence-electron chi connectivity index (χ2n) is 4.12. The van der Waals surface area contributed by atoms with Gasteiger partial charge in [-0.3, -0.25) is 0 Å². The van der Waals surface area contributed by atoms with E-state index in [1.807, 2.05) is 0 Å². The molecule has 0 saturated carbocycles. The van der Waals surface area contributed by atoms with Crippen molar-refractivity contribution in [1.29, 1.82) is 0 Å². The molecule has 2 rings (SSSR count). The second kappa shape index (κ2) is 6.21. The summed E-state index contributed by atoms with van der Waals surface area (Å²) in [5.41, 5.74) is 6.06. The van der Waals surface area contributed by atoms with Crippen molar-refractivity contribution < 1.29 is 23.0 Å². The number of benzene rings is 2. The maximum absolute atomic E-state index is 13.1. The molecule has 6 heteroatoms. The van der Waals surface area contributed by atoms with Gasteiger partial charge in [0.1, 0.15) is 5.75 Å². The van der Waals surface area contributed by atoms with Crippen LogP contribution in [0.3, 0.4) is 0 Å². The van der Waals surface area contributed by atoms with Gasteiger partial charge in [-0.25, -0.2) is 13.6 Å². The minimum absolute atomic E-state index is 0.0701. The summed E-state index contributed by atoms with van der Waals surface area (Å²) in [4.78, 5) is 11.7. The lowest BCUT2D eigenvalue weighted by Crippen LogP contribution is -2.08. The summed E-state index contributed by atoms with van der Waals surface area (Å²) in [7, 11) is 0. The number of carbonyl (C=O) groups excluding carboxylic acids is 1. The molecule has 0 heterocycles. The molecule has 0 saturated heterocycles. The fraction of sp³-hybridized carbons (Fsp3) is 0.133. The number of rotatable bonds is 4. The van der Waals surface area contributed by atoms with Gasteiger partial charge in [-0.15, -0.1) is 0 Å². The minimum atomic E-state index is -1.03. The first-order valence-corrected chi connectivity index (χ1v) is 6.21. The lowest BCUT2D eigenvalue weighted by molar-refractivity contribution is 0.0527. The number of anilines is 1. The Kier molecular flexibility index (Phi) is 4.37. The fourth-order valence-electron chi connectivity index (χ4n) is 1.69. The van der Waals surface area contributed by atoms with E-state index in [9.17, 15) is 13.6 Å². The van der Waals surface area contributed by atoms with Crippen molar-refractivity contribution in [1.82, 2.24) is 0 Å². The Hall–Kier alpha value is -2.63. The Morgan fingerprint density at radius 2 is 1.95 bits per heavy atom. The average Bonchev–Trinajstić information content (AvgIpc) is 2.45. The lowest BCUT2D eigenvalue weighted by atomic mass is 10.1. The summed E-state index contributed by atoms with van der Waals surface area (Å²) >= 11 is 0. The van der Waals surface area contributed by atoms with Gasteiger partial charge < -0.3 is 15.2 Å². The molecule has 0 bridgehead atoms. The highest BCUT2D eigenvalue weighted by atomic mass is 19.2. The van der Waals surface area contributed by atoms with Crippen molar-refractivity contribution in [3.05, 3.63) is 53.6 Å². The Labute approximate surface area is 120 Å². The second-order valence-corrected chi connectivity index (χ2v) is 4.12. The first kappa shape index (κ1) is 14.8. The average molecular weight is 293 g/mol. The van der Waals surface area contributed by atoms with Gasteiger partial charge in [0.05, 0.1) is 17.9 Å². The SMILES string of the molecule is CCOC(=O)c1cccc(Oc2ccc(F)c(F)c2)c1N. The Balaban J connectivity index is 2.30. The van der Waals surface area contributed by atoms with Crippen LogP contribution in [-0.4, -0.2) is 12.6 Å². The molecule has 0 spiro atoms. The highest BCUT2D eigenvalue weighted by Crippen LogP contribution is 2.31. The van der Waals surface area contributed by atoms with Crippen molar-refractivity contribution >= 4 is 11.7 Å². The van der Waals surface area contributed by atoms with Crippen LogP contribution >= 0.6 is 0 Å². The molecule has 0 aliphatic heterocycles. The highest BCUT2D eigenvalue weighted by molar-refractivity contribution is 5.96. The van der Waals surface area contributed by atoms with Crippen molar-refractivity contribution in [2.75, 3.05) is 12.3 Å². The van der Waals surface area contributed by atoms with Crippen LogP contribution in [0.4, 0.5) is 14.5 Å². The third-order valence-corrected chi connectivity index (χ3v) is 2.68. The molecule has 4 nitrogen and oxygen atoms in total. The predicted molar refractivity (Wildman–Crippen MR) is 73.2 cm³/mol. The summed E-state index contributed by atoms with van der Waals surface area (Å²) in [5, 5.41) is 0. The zero-order valence-electron chi connectivity index (χ0n) is 11.2. The molecule has 110 valence electrons. The molecule has 0 radical (unpaired) electrons. The van der Waals surface area contributed by atoms with Gasteiger partial charge in [-0.2, -0.15) is 0 Å². The Bertz CT molecular complexity index is 674.